The Labute approximate surface area is 125 Å². The van der Waals surface area contributed by atoms with E-state index in [1.807, 2.05) is 16.9 Å². The van der Waals surface area contributed by atoms with Gasteiger partial charge in [-0.05, 0) is 30.9 Å². The minimum Gasteiger partial charge on any atom is -0.396 e. The predicted octanol–water partition coefficient (Wildman–Crippen LogP) is 3.22. The van der Waals surface area contributed by atoms with Gasteiger partial charge in [0.2, 0.25) is 0 Å². The van der Waals surface area contributed by atoms with Crippen molar-refractivity contribution in [3.05, 3.63) is 34.1 Å². The average Bonchev–Trinajstić information content (AvgIpc) is 2.79. The molecule has 4 nitrogen and oxygen atoms in total. The quantitative estimate of drug-likeness (QED) is 0.860. The van der Waals surface area contributed by atoms with Gasteiger partial charge in [0.25, 0.3) is 0 Å². The van der Waals surface area contributed by atoms with Crippen molar-refractivity contribution in [2.24, 2.45) is 0 Å². The zero-order valence-corrected chi connectivity index (χ0v) is 12.6. The van der Waals surface area contributed by atoms with Gasteiger partial charge in [0, 0.05) is 18.1 Å². The highest BCUT2D eigenvalue weighted by molar-refractivity contribution is 7.98. The van der Waals surface area contributed by atoms with Crippen molar-refractivity contribution < 1.29 is 5.11 Å². The SMILES string of the molecule is CSc1nnc(CCCO)n1-c1ccc(Cl)cc1Cl. The van der Waals surface area contributed by atoms with E-state index in [0.717, 1.165) is 16.7 Å². The summed E-state index contributed by atoms with van der Waals surface area (Å²) >= 11 is 13.6. The topological polar surface area (TPSA) is 50.9 Å². The smallest absolute Gasteiger partial charge is 0.195 e. The summed E-state index contributed by atoms with van der Waals surface area (Å²) in [7, 11) is 0. The second-order valence-electron chi connectivity index (χ2n) is 3.86. The Bertz CT molecular complexity index is 574. The van der Waals surface area contributed by atoms with E-state index >= 15 is 0 Å². The lowest BCUT2D eigenvalue weighted by molar-refractivity contribution is 0.287. The summed E-state index contributed by atoms with van der Waals surface area (Å²) in [6, 6.07) is 5.32. The Morgan fingerprint density at radius 1 is 1.32 bits per heavy atom. The molecule has 0 atom stereocenters. The monoisotopic (exact) mass is 317 g/mol. The van der Waals surface area contributed by atoms with Crippen molar-refractivity contribution in [2.75, 3.05) is 12.9 Å². The molecule has 0 amide bonds. The van der Waals surface area contributed by atoms with Gasteiger partial charge in [0.1, 0.15) is 5.82 Å². The third kappa shape index (κ3) is 3.23. The number of aliphatic hydroxyl groups excluding tert-OH is 1. The van der Waals surface area contributed by atoms with Gasteiger partial charge >= 0.3 is 0 Å². The van der Waals surface area contributed by atoms with E-state index in [9.17, 15) is 0 Å². The molecule has 0 fully saturated rings. The number of aryl methyl sites for hydroxylation is 1. The molecule has 1 aromatic heterocycles. The number of halogens is 2. The molecule has 1 N–H and O–H groups in total. The first-order valence-electron chi connectivity index (χ1n) is 5.72. The maximum atomic E-state index is 8.94. The summed E-state index contributed by atoms with van der Waals surface area (Å²) in [4.78, 5) is 0. The van der Waals surface area contributed by atoms with Gasteiger partial charge in [0.15, 0.2) is 5.16 Å². The number of aromatic nitrogens is 3. The first-order valence-corrected chi connectivity index (χ1v) is 7.70. The maximum absolute atomic E-state index is 8.94. The van der Waals surface area contributed by atoms with E-state index in [4.69, 9.17) is 28.3 Å². The van der Waals surface area contributed by atoms with E-state index in [1.54, 1.807) is 12.1 Å². The molecule has 19 heavy (non-hydrogen) atoms. The average molecular weight is 318 g/mol. The summed E-state index contributed by atoms with van der Waals surface area (Å²) in [6.45, 7) is 0.121. The van der Waals surface area contributed by atoms with E-state index in [0.29, 0.717) is 22.9 Å². The summed E-state index contributed by atoms with van der Waals surface area (Å²) in [5.41, 5.74) is 0.799. The predicted molar refractivity (Wildman–Crippen MR) is 78.6 cm³/mol. The highest BCUT2D eigenvalue weighted by Gasteiger charge is 2.15. The molecule has 0 bridgehead atoms. The third-order valence-corrected chi connectivity index (χ3v) is 3.76. The van der Waals surface area contributed by atoms with E-state index in [2.05, 4.69) is 10.2 Å². The Balaban J connectivity index is 2.49. The van der Waals surface area contributed by atoms with Crippen LogP contribution in [0.2, 0.25) is 10.0 Å². The molecule has 1 aromatic carbocycles. The summed E-state index contributed by atoms with van der Waals surface area (Å²) in [5.74, 6) is 0.780. The fourth-order valence-corrected chi connectivity index (χ4v) is 2.74. The molecule has 0 aliphatic carbocycles. The first-order chi connectivity index (χ1) is 9.17. The normalized spacial score (nSPS) is 10.9. The molecule has 0 unspecified atom stereocenters. The third-order valence-electron chi connectivity index (χ3n) is 2.59. The highest BCUT2D eigenvalue weighted by Crippen LogP contribution is 2.28. The van der Waals surface area contributed by atoms with Crippen LogP contribution in [-0.4, -0.2) is 32.7 Å². The van der Waals surface area contributed by atoms with Crippen molar-refractivity contribution in [1.82, 2.24) is 14.8 Å². The van der Waals surface area contributed by atoms with Crippen LogP contribution in [0.25, 0.3) is 5.69 Å². The standard InChI is InChI=1S/C12H13Cl2N3OS/c1-19-12-16-15-11(3-2-6-18)17(12)10-5-4-8(13)7-9(10)14/h4-5,7,18H,2-3,6H2,1H3. The van der Waals surface area contributed by atoms with Gasteiger partial charge < -0.3 is 5.11 Å². The lowest BCUT2D eigenvalue weighted by Gasteiger charge is -2.11. The minimum absolute atomic E-state index is 0.121. The van der Waals surface area contributed by atoms with Crippen LogP contribution >= 0.6 is 35.0 Å². The zero-order chi connectivity index (χ0) is 13.8. The van der Waals surface area contributed by atoms with Crippen molar-refractivity contribution >= 4 is 35.0 Å². The van der Waals surface area contributed by atoms with Gasteiger partial charge in [-0.1, -0.05) is 35.0 Å². The Kier molecular flexibility index (Phi) is 5.10. The molecular formula is C12H13Cl2N3OS. The van der Waals surface area contributed by atoms with Crippen LogP contribution in [-0.2, 0) is 6.42 Å². The first kappa shape index (κ1) is 14.7. The van der Waals surface area contributed by atoms with Crippen LogP contribution in [0.3, 0.4) is 0 Å². The number of hydrogen-bond donors (Lipinski definition) is 1. The Hall–Kier alpha value is -0.750. The van der Waals surface area contributed by atoms with Crippen LogP contribution in [0.15, 0.2) is 23.4 Å². The number of nitrogens with zero attached hydrogens (tertiary/aromatic N) is 3. The highest BCUT2D eigenvalue weighted by atomic mass is 35.5. The van der Waals surface area contributed by atoms with Gasteiger partial charge in [-0.25, -0.2) is 0 Å². The molecular weight excluding hydrogens is 305 g/mol. The molecule has 0 radical (unpaired) electrons. The molecule has 0 saturated carbocycles. The Morgan fingerprint density at radius 3 is 2.74 bits per heavy atom. The lowest BCUT2D eigenvalue weighted by Crippen LogP contribution is -2.04. The number of aliphatic hydroxyl groups is 1. The number of thioether (sulfide) groups is 1. The maximum Gasteiger partial charge on any atom is 0.195 e. The summed E-state index contributed by atoms with van der Waals surface area (Å²) in [5, 5.41) is 19.1. The zero-order valence-electron chi connectivity index (χ0n) is 10.3. The van der Waals surface area contributed by atoms with Crippen LogP contribution in [0, 0.1) is 0 Å². The van der Waals surface area contributed by atoms with Crippen molar-refractivity contribution in [3.8, 4) is 5.69 Å². The molecule has 2 aromatic rings. The molecule has 7 heteroatoms. The van der Waals surface area contributed by atoms with E-state index < -0.39 is 0 Å². The molecule has 1 heterocycles. The second-order valence-corrected chi connectivity index (χ2v) is 5.48. The van der Waals surface area contributed by atoms with Crippen molar-refractivity contribution in [3.63, 3.8) is 0 Å². The largest absolute Gasteiger partial charge is 0.396 e. The molecule has 2 rings (SSSR count). The van der Waals surface area contributed by atoms with Gasteiger partial charge in [-0.2, -0.15) is 0 Å². The number of benzene rings is 1. The van der Waals surface area contributed by atoms with E-state index in [-0.39, 0.29) is 6.61 Å². The van der Waals surface area contributed by atoms with Crippen molar-refractivity contribution in [2.45, 2.75) is 18.0 Å². The van der Waals surface area contributed by atoms with Gasteiger partial charge in [-0.3, -0.25) is 4.57 Å². The molecule has 0 aliphatic rings. The Morgan fingerprint density at radius 2 is 2.11 bits per heavy atom. The van der Waals surface area contributed by atoms with Crippen LogP contribution in [0.4, 0.5) is 0 Å². The lowest BCUT2D eigenvalue weighted by atomic mass is 10.2. The molecule has 0 saturated heterocycles. The summed E-state index contributed by atoms with van der Waals surface area (Å²) < 4.78 is 1.90. The van der Waals surface area contributed by atoms with Crippen molar-refractivity contribution in [1.29, 1.82) is 0 Å². The van der Waals surface area contributed by atoms with Crippen LogP contribution in [0.5, 0.6) is 0 Å². The van der Waals surface area contributed by atoms with Gasteiger partial charge in [0.05, 0.1) is 10.7 Å². The summed E-state index contributed by atoms with van der Waals surface area (Å²) in [6.07, 6.45) is 3.21. The fraction of sp³-hybridized carbons (Fsp3) is 0.333. The van der Waals surface area contributed by atoms with Crippen LogP contribution in [0.1, 0.15) is 12.2 Å². The molecule has 0 spiro atoms. The van der Waals surface area contributed by atoms with Gasteiger partial charge in [-0.15, -0.1) is 10.2 Å². The second kappa shape index (κ2) is 6.61. The minimum atomic E-state index is 0.121. The fourth-order valence-electron chi connectivity index (χ4n) is 1.74. The van der Waals surface area contributed by atoms with Crippen LogP contribution < -0.4 is 0 Å². The molecule has 102 valence electrons. The van der Waals surface area contributed by atoms with E-state index in [1.165, 1.54) is 11.8 Å². The molecule has 0 aliphatic heterocycles. The number of hydrogen-bond acceptors (Lipinski definition) is 4. The number of rotatable bonds is 5.